The molecule has 0 fully saturated rings. The highest BCUT2D eigenvalue weighted by molar-refractivity contribution is 5.71. The predicted molar refractivity (Wildman–Crippen MR) is 75.6 cm³/mol. The average Bonchev–Trinajstić information content (AvgIpc) is 2.42. The van der Waals surface area contributed by atoms with Crippen LogP contribution in [0.25, 0.3) is 0 Å². The van der Waals surface area contributed by atoms with Gasteiger partial charge < -0.3 is 14.6 Å². The van der Waals surface area contributed by atoms with Crippen molar-refractivity contribution >= 4 is 5.97 Å². The quantitative estimate of drug-likeness (QED) is 0.906. The summed E-state index contributed by atoms with van der Waals surface area (Å²) in [6, 6.07) is 12.7. The molecule has 0 spiro atoms. The maximum absolute atomic E-state index is 10.9. The molecule has 0 bridgehead atoms. The Bertz CT molecular complexity index is 602. The molecule has 0 aromatic heterocycles. The van der Waals surface area contributed by atoms with Gasteiger partial charge in [0, 0.05) is 11.6 Å². The average molecular weight is 272 g/mol. The lowest BCUT2D eigenvalue weighted by Gasteiger charge is -2.12. The van der Waals surface area contributed by atoms with Gasteiger partial charge in [0.05, 0.1) is 13.5 Å². The molecule has 2 rings (SSSR count). The first kappa shape index (κ1) is 13.9. The van der Waals surface area contributed by atoms with Crippen molar-refractivity contribution in [1.29, 1.82) is 0 Å². The molecular weight excluding hydrogens is 256 g/mol. The number of aliphatic carboxylic acids is 1. The first-order valence-electron chi connectivity index (χ1n) is 6.21. The summed E-state index contributed by atoms with van der Waals surface area (Å²) in [6.45, 7) is 1.99. The van der Waals surface area contributed by atoms with Crippen LogP contribution in [0.2, 0.25) is 0 Å². The van der Waals surface area contributed by atoms with E-state index in [1.807, 2.05) is 31.2 Å². The van der Waals surface area contributed by atoms with E-state index >= 15 is 0 Å². The second-order valence-corrected chi connectivity index (χ2v) is 4.46. The maximum atomic E-state index is 10.9. The molecule has 0 atom stereocenters. The molecule has 4 heteroatoms. The lowest BCUT2D eigenvalue weighted by molar-refractivity contribution is -0.136. The summed E-state index contributed by atoms with van der Waals surface area (Å²) in [4.78, 5) is 10.9. The minimum atomic E-state index is -0.899. The van der Waals surface area contributed by atoms with Crippen LogP contribution in [-0.4, -0.2) is 18.2 Å². The van der Waals surface area contributed by atoms with Crippen molar-refractivity contribution in [3.8, 4) is 17.2 Å². The third-order valence-corrected chi connectivity index (χ3v) is 2.86. The van der Waals surface area contributed by atoms with Crippen LogP contribution in [0.1, 0.15) is 11.1 Å². The number of benzene rings is 2. The number of ether oxygens (including phenoxy) is 2. The van der Waals surface area contributed by atoms with Gasteiger partial charge in [0.25, 0.3) is 0 Å². The van der Waals surface area contributed by atoms with Crippen LogP contribution in [0.15, 0.2) is 42.5 Å². The number of aryl methyl sites for hydroxylation is 1. The Morgan fingerprint density at radius 3 is 2.35 bits per heavy atom. The Balaban J connectivity index is 2.31. The molecule has 104 valence electrons. The minimum Gasteiger partial charge on any atom is -0.497 e. The van der Waals surface area contributed by atoms with Crippen molar-refractivity contribution in [1.82, 2.24) is 0 Å². The normalized spacial score (nSPS) is 10.1. The summed E-state index contributed by atoms with van der Waals surface area (Å²) in [5.74, 6) is 0.885. The molecule has 0 saturated carbocycles. The fraction of sp³-hybridized carbons (Fsp3) is 0.188. The molecule has 2 aromatic rings. The number of carbonyl (C=O) groups is 1. The van der Waals surface area contributed by atoms with E-state index in [-0.39, 0.29) is 6.42 Å². The Labute approximate surface area is 117 Å². The molecule has 0 heterocycles. The predicted octanol–water partition coefficient (Wildman–Crippen LogP) is 3.42. The minimum absolute atomic E-state index is 0.0921. The summed E-state index contributed by atoms with van der Waals surface area (Å²) in [5.41, 5.74) is 1.74. The summed E-state index contributed by atoms with van der Waals surface area (Å²) in [6.07, 6.45) is -0.0921. The highest BCUT2D eigenvalue weighted by Gasteiger charge is 2.10. The smallest absolute Gasteiger partial charge is 0.307 e. The van der Waals surface area contributed by atoms with Crippen molar-refractivity contribution < 1.29 is 19.4 Å². The summed E-state index contributed by atoms with van der Waals surface area (Å²) in [7, 11) is 1.56. The van der Waals surface area contributed by atoms with Gasteiger partial charge in [0.1, 0.15) is 17.2 Å². The van der Waals surface area contributed by atoms with Gasteiger partial charge in [-0.2, -0.15) is 0 Å². The summed E-state index contributed by atoms with van der Waals surface area (Å²) in [5, 5.41) is 8.93. The zero-order chi connectivity index (χ0) is 14.5. The van der Waals surface area contributed by atoms with Gasteiger partial charge in [0.15, 0.2) is 0 Å². The molecule has 1 N–H and O–H groups in total. The zero-order valence-corrected chi connectivity index (χ0v) is 11.4. The monoisotopic (exact) mass is 272 g/mol. The van der Waals surface area contributed by atoms with Crippen LogP contribution in [0.3, 0.4) is 0 Å². The third-order valence-electron chi connectivity index (χ3n) is 2.86. The number of methoxy groups -OCH3 is 1. The van der Waals surface area contributed by atoms with Crippen LogP contribution in [0.5, 0.6) is 17.2 Å². The highest BCUT2D eigenvalue weighted by Crippen LogP contribution is 2.30. The van der Waals surface area contributed by atoms with Crippen molar-refractivity contribution in [2.75, 3.05) is 7.11 Å². The molecule has 0 saturated heterocycles. The zero-order valence-electron chi connectivity index (χ0n) is 11.4. The van der Waals surface area contributed by atoms with E-state index in [4.69, 9.17) is 14.6 Å². The molecule has 0 aliphatic rings. The first-order chi connectivity index (χ1) is 9.58. The van der Waals surface area contributed by atoms with Gasteiger partial charge in [-0.05, 0) is 25.1 Å². The molecule has 0 aliphatic carbocycles. The lowest BCUT2D eigenvalue weighted by atomic mass is 10.1. The number of carboxylic acids is 1. The molecule has 20 heavy (non-hydrogen) atoms. The number of carboxylic acid groups (broad SMARTS) is 1. The number of rotatable bonds is 5. The van der Waals surface area contributed by atoms with Crippen molar-refractivity contribution in [3.05, 3.63) is 53.6 Å². The second-order valence-electron chi connectivity index (χ2n) is 4.46. The third kappa shape index (κ3) is 3.51. The lowest BCUT2D eigenvalue weighted by Crippen LogP contribution is -2.02. The molecule has 4 nitrogen and oxygen atoms in total. The Morgan fingerprint density at radius 2 is 1.75 bits per heavy atom. The Kier molecular flexibility index (Phi) is 4.25. The van der Waals surface area contributed by atoms with E-state index in [9.17, 15) is 4.79 Å². The summed E-state index contributed by atoms with van der Waals surface area (Å²) >= 11 is 0. The molecule has 0 radical (unpaired) electrons. The van der Waals surface area contributed by atoms with E-state index in [0.717, 1.165) is 5.56 Å². The fourth-order valence-electron chi connectivity index (χ4n) is 1.80. The summed E-state index contributed by atoms with van der Waals surface area (Å²) < 4.78 is 10.9. The van der Waals surface area contributed by atoms with Crippen molar-refractivity contribution in [2.24, 2.45) is 0 Å². The fourth-order valence-corrected chi connectivity index (χ4v) is 1.80. The van der Waals surface area contributed by atoms with Gasteiger partial charge in [-0.25, -0.2) is 0 Å². The van der Waals surface area contributed by atoms with Crippen molar-refractivity contribution in [3.63, 3.8) is 0 Å². The van der Waals surface area contributed by atoms with Crippen molar-refractivity contribution in [2.45, 2.75) is 13.3 Å². The van der Waals surface area contributed by atoms with E-state index in [0.29, 0.717) is 22.8 Å². The number of hydrogen-bond donors (Lipinski definition) is 1. The van der Waals surface area contributed by atoms with E-state index in [1.165, 1.54) is 0 Å². The first-order valence-corrected chi connectivity index (χ1v) is 6.21. The van der Waals surface area contributed by atoms with Crippen LogP contribution >= 0.6 is 0 Å². The Morgan fingerprint density at radius 1 is 1.10 bits per heavy atom. The molecule has 0 amide bonds. The van der Waals surface area contributed by atoms with Gasteiger partial charge in [-0.3, -0.25) is 4.79 Å². The van der Waals surface area contributed by atoms with Crippen LogP contribution < -0.4 is 9.47 Å². The molecule has 0 unspecified atom stereocenters. The largest absolute Gasteiger partial charge is 0.497 e. The van der Waals surface area contributed by atoms with Gasteiger partial charge in [0.2, 0.25) is 0 Å². The van der Waals surface area contributed by atoms with E-state index in [2.05, 4.69) is 0 Å². The maximum Gasteiger partial charge on any atom is 0.307 e. The molecular formula is C16H16O4. The van der Waals surface area contributed by atoms with Gasteiger partial charge in [-0.15, -0.1) is 0 Å². The number of hydrogen-bond acceptors (Lipinski definition) is 3. The van der Waals surface area contributed by atoms with Crippen LogP contribution in [0.4, 0.5) is 0 Å². The van der Waals surface area contributed by atoms with Gasteiger partial charge >= 0.3 is 5.97 Å². The van der Waals surface area contributed by atoms with E-state index < -0.39 is 5.97 Å². The second kappa shape index (κ2) is 6.10. The highest BCUT2D eigenvalue weighted by atomic mass is 16.5. The van der Waals surface area contributed by atoms with Gasteiger partial charge in [-0.1, -0.05) is 23.8 Å². The molecule has 0 aliphatic heterocycles. The van der Waals surface area contributed by atoms with Crippen LogP contribution in [-0.2, 0) is 11.2 Å². The SMILES string of the molecule is COc1ccc(CC(=O)O)c(Oc2ccc(C)cc2)c1. The molecule has 2 aromatic carbocycles. The Hall–Kier alpha value is -2.49. The topological polar surface area (TPSA) is 55.8 Å². The van der Waals surface area contributed by atoms with E-state index in [1.54, 1.807) is 25.3 Å². The standard InChI is InChI=1S/C16H16O4/c1-11-3-6-13(7-4-11)20-15-10-14(19-2)8-5-12(15)9-16(17)18/h3-8,10H,9H2,1-2H3,(H,17,18). The van der Waals surface area contributed by atoms with Crippen LogP contribution in [0, 0.1) is 6.92 Å².